The molecule has 3 aliphatic rings. The van der Waals surface area contributed by atoms with Crippen molar-refractivity contribution in [3.8, 4) is 5.75 Å². The van der Waals surface area contributed by atoms with Gasteiger partial charge >= 0.3 is 17.9 Å². The lowest BCUT2D eigenvalue weighted by Gasteiger charge is -2.37. The number of carboxylic acids is 1. The zero-order valence-corrected chi connectivity index (χ0v) is 46.0. The van der Waals surface area contributed by atoms with E-state index in [-0.39, 0.29) is 98.3 Å². The van der Waals surface area contributed by atoms with E-state index in [1.54, 1.807) is 34.9 Å². The van der Waals surface area contributed by atoms with E-state index in [9.17, 15) is 48.3 Å². The number of hydrazine groups is 1. The maximum atomic E-state index is 14.4. The van der Waals surface area contributed by atoms with Crippen molar-refractivity contribution in [1.29, 1.82) is 0 Å². The van der Waals surface area contributed by atoms with Gasteiger partial charge in [0.15, 0.2) is 17.6 Å². The van der Waals surface area contributed by atoms with Crippen molar-refractivity contribution in [3.05, 3.63) is 62.8 Å². The number of esters is 2. The van der Waals surface area contributed by atoms with E-state index < -0.39 is 71.6 Å². The summed E-state index contributed by atoms with van der Waals surface area (Å²) in [5, 5.41) is 23.4. The van der Waals surface area contributed by atoms with Gasteiger partial charge in [0.05, 0.1) is 37.2 Å². The Balaban J connectivity index is 1.34. The van der Waals surface area contributed by atoms with Crippen molar-refractivity contribution < 1.29 is 57.7 Å². The Bertz CT molecular complexity index is 2430. The highest BCUT2D eigenvalue weighted by atomic mass is 32.2. The molecule has 74 heavy (non-hydrogen) atoms. The van der Waals surface area contributed by atoms with Crippen LogP contribution in [0.15, 0.2) is 46.5 Å². The maximum Gasteiger partial charge on any atom is 0.313 e. The molecule has 1 saturated heterocycles. The van der Waals surface area contributed by atoms with Crippen LogP contribution in [-0.2, 0) is 49.5 Å². The van der Waals surface area contributed by atoms with Crippen molar-refractivity contribution in [2.45, 2.75) is 130 Å². The molecule has 0 bridgehead atoms. The fourth-order valence-electron chi connectivity index (χ4n) is 9.26. The standard InChI is InChI=1S/C52H71N7O12S3/c1-9-32(4)37(27-42(61)40-12-10-11-19-56(40)7)51(67)57(8)41(31(2)3)28-44(70-34(6)60)50-55-39(29-74-50)49(66)53-36(24-33(5)52(68)69)25-35-13-14-43-38(26-35)54-45(62)15-20-58-46(63)17-22-72-30-73-23-18-47(64)59(58)21-16-48(65)71-43/h13-14,17-18,22-23,26,29,31-33,36-37,40-41,44H,9-12,15-16,19-21,24-25,27-28,30H2,1-8H3,(H,53,66)(H,54,62)(H,68,69)/b22-17+,23-18+/t32-,33?,36+,37-,40+,41+,44+/m0/s1. The van der Waals surface area contributed by atoms with Gasteiger partial charge in [-0.15, -0.1) is 34.9 Å². The zero-order valence-electron chi connectivity index (χ0n) is 43.5. The van der Waals surface area contributed by atoms with Gasteiger partial charge in [-0.2, -0.15) is 0 Å². The van der Waals surface area contributed by atoms with Crippen LogP contribution in [-0.4, -0.2) is 140 Å². The number of fused-ring (bicyclic) bond motifs is 2. The normalized spacial score (nSPS) is 20.5. The predicted molar refractivity (Wildman–Crippen MR) is 284 cm³/mol. The molecule has 4 heterocycles. The van der Waals surface area contributed by atoms with E-state index >= 15 is 0 Å². The molecule has 5 rings (SSSR count). The van der Waals surface area contributed by atoms with Gasteiger partial charge in [-0.05, 0) is 79.6 Å². The number of carboxylic acid groups (broad SMARTS) is 1. The molecule has 1 fully saturated rings. The summed E-state index contributed by atoms with van der Waals surface area (Å²) >= 11 is 3.82. The first-order chi connectivity index (χ1) is 35.2. The molecule has 1 unspecified atom stereocenters. The number of aromatic nitrogens is 1. The summed E-state index contributed by atoms with van der Waals surface area (Å²) in [5.74, 6) is -6.41. The Kier molecular flexibility index (Phi) is 22.7. The molecule has 5 amide bonds. The van der Waals surface area contributed by atoms with E-state index in [0.29, 0.717) is 22.1 Å². The van der Waals surface area contributed by atoms with Gasteiger partial charge in [0.25, 0.3) is 17.7 Å². The molecule has 22 heteroatoms. The number of hydrogen-bond donors (Lipinski definition) is 3. The molecule has 3 N–H and O–H groups in total. The largest absolute Gasteiger partial charge is 0.481 e. The van der Waals surface area contributed by atoms with Gasteiger partial charge in [0.1, 0.15) is 10.7 Å². The fourth-order valence-corrected chi connectivity index (χ4v) is 11.5. The molecular formula is C52H71N7O12S3. The molecule has 0 saturated carbocycles. The van der Waals surface area contributed by atoms with Crippen molar-refractivity contribution >= 4 is 93.8 Å². The van der Waals surface area contributed by atoms with Gasteiger partial charge < -0.3 is 30.1 Å². The number of nitrogens with one attached hydrogen (secondary N) is 2. The third kappa shape index (κ3) is 17.0. The van der Waals surface area contributed by atoms with Crippen LogP contribution in [0.3, 0.4) is 0 Å². The second kappa shape index (κ2) is 28.4. The average molecular weight is 1080 g/mol. The number of carbonyl (C=O) groups is 9. The van der Waals surface area contributed by atoms with Gasteiger partial charge in [0.2, 0.25) is 11.8 Å². The van der Waals surface area contributed by atoms with Gasteiger partial charge in [-0.1, -0.05) is 53.5 Å². The average Bonchev–Trinajstić information content (AvgIpc) is 3.84. The number of carbonyl (C=O) groups excluding carboxylic acids is 8. The highest BCUT2D eigenvalue weighted by Gasteiger charge is 2.38. The molecule has 0 spiro atoms. The van der Waals surface area contributed by atoms with Crippen molar-refractivity contribution in [2.75, 3.05) is 44.1 Å². The number of ketones is 1. The number of benzene rings is 1. The minimum atomic E-state index is -1.09. The summed E-state index contributed by atoms with van der Waals surface area (Å²) in [4.78, 5) is 129. The Morgan fingerprint density at radius 2 is 1.64 bits per heavy atom. The SMILES string of the molecule is CC[C@H](C)[C@H](CC(=O)[C@H]1CCCCN1C)C(=O)N(C)[C@H](C[C@@H](OC(C)=O)c1nc(C(=O)N[C@@H](Cc2ccc3c(c2)NC(=O)CCN2C(=O)/C=C/SCS/C=C/C(=O)N2CCC(=O)O3)CC(C)C(=O)O)cs1)C(C)C. The zero-order chi connectivity index (χ0) is 54.2. The number of ether oxygens (including phenoxy) is 2. The number of Topliss-reactive ketones (excluding diaryl/α,β-unsaturated/α-hetero) is 1. The second-order valence-corrected chi connectivity index (χ2v) is 22.5. The van der Waals surface area contributed by atoms with Crippen LogP contribution < -0.4 is 15.4 Å². The summed E-state index contributed by atoms with van der Waals surface area (Å²) < 4.78 is 11.5. The Morgan fingerprint density at radius 1 is 0.959 bits per heavy atom. The predicted octanol–water partition coefficient (Wildman–Crippen LogP) is 6.85. The third-order valence-electron chi connectivity index (χ3n) is 13.7. The molecule has 7 atom stereocenters. The first-order valence-electron chi connectivity index (χ1n) is 25.2. The summed E-state index contributed by atoms with van der Waals surface area (Å²) in [7, 11) is 3.67. The van der Waals surface area contributed by atoms with Crippen LogP contribution in [0.1, 0.15) is 126 Å². The molecule has 1 aromatic heterocycles. The molecule has 2 aromatic rings. The number of hydrogen-bond acceptors (Lipinski definition) is 16. The first-order valence-corrected chi connectivity index (χ1v) is 28.1. The van der Waals surface area contributed by atoms with Crippen LogP contribution in [0.4, 0.5) is 5.69 Å². The number of thioether (sulfide) groups is 2. The summed E-state index contributed by atoms with van der Waals surface area (Å²) in [6.45, 7) is 11.1. The number of piperidine rings is 1. The highest BCUT2D eigenvalue weighted by Crippen LogP contribution is 2.34. The van der Waals surface area contributed by atoms with Gasteiger partial charge in [0, 0.05) is 73.9 Å². The van der Waals surface area contributed by atoms with Gasteiger partial charge in [-0.3, -0.25) is 48.1 Å². The van der Waals surface area contributed by atoms with Crippen LogP contribution in [0.5, 0.6) is 5.75 Å². The van der Waals surface area contributed by atoms with Crippen molar-refractivity contribution in [1.82, 2.24) is 30.1 Å². The quantitative estimate of drug-likeness (QED) is 0.0962. The minimum Gasteiger partial charge on any atom is -0.481 e. The van der Waals surface area contributed by atoms with E-state index in [2.05, 4.69) is 20.5 Å². The summed E-state index contributed by atoms with van der Waals surface area (Å²) in [6.07, 6.45) is 4.95. The van der Waals surface area contributed by atoms with Crippen molar-refractivity contribution in [2.24, 2.45) is 23.7 Å². The van der Waals surface area contributed by atoms with E-state index in [1.807, 2.05) is 34.7 Å². The second-order valence-electron chi connectivity index (χ2n) is 19.5. The fraction of sp³-hybridized carbons (Fsp3) is 0.577. The first kappa shape index (κ1) is 59.3. The van der Waals surface area contributed by atoms with E-state index in [0.717, 1.165) is 47.2 Å². The van der Waals surface area contributed by atoms with Crippen LogP contribution in [0.2, 0.25) is 0 Å². The minimum absolute atomic E-state index is 0.00925. The molecule has 404 valence electrons. The van der Waals surface area contributed by atoms with Crippen LogP contribution >= 0.6 is 34.9 Å². The lowest BCUT2D eigenvalue weighted by molar-refractivity contribution is -0.159. The van der Waals surface area contributed by atoms with Crippen LogP contribution in [0.25, 0.3) is 0 Å². The van der Waals surface area contributed by atoms with E-state index in [4.69, 9.17) is 9.47 Å². The molecular weight excluding hydrogens is 1010 g/mol. The Morgan fingerprint density at radius 3 is 2.26 bits per heavy atom. The third-order valence-corrected chi connectivity index (χ3v) is 16.3. The Hall–Kier alpha value is -5.58. The molecule has 1 aromatic carbocycles. The number of anilines is 1. The molecule has 19 nitrogen and oxygen atoms in total. The number of likely N-dealkylation sites (tertiary alicyclic amines) is 1. The highest BCUT2D eigenvalue weighted by molar-refractivity contribution is 8.18. The van der Waals surface area contributed by atoms with Crippen LogP contribution in [0, 0.1) is 23.7 Å². The number of aliphatic carboxylic acids is 1. The number of thiazole rings is 1. The lowest BCUT2D eigenvalue weighted by Crippen LogP contribution is -2.50. The smallest absolute Gasteiger partial charge is 0.313 e. The number of nitrogens with zero attached hydrogens (tertiary/aromatic N) is 5. The summed E-state index contributed by atoms with van der Waals surface area (Å²) in [5.41, 5.74) is 0.648. The topological polar surface area (TPSA) is 242 Å². The Labute approximate surface area is 445 Å². The van der Waals surface area contributed by atoms with Gasteiger partial charge in [-0.25, -0.2) is 15.0 Å². The van der Waals surface area contributed by atoms with Crippen molar-refractivity contribution in [3.63, 3.8) is 0 Å². The number of rotatable bonds is 19. The maximum absolute atomic E-state index is 14.4. The molecule has 0 aliphatic carbocycles. The number of amides is 5. The van der Waals surface area contributed by atoms with E-state index in [1.165, 1.54) is 61.0 Å². The molecule has 3 aliphatic heterocycles. The lowest BCUT2D eigenvalue weighted by atomic mass is 9.83. The number of likely N-dealkylation sites (N-methyl/N-ethyl adjacent to an activating group) is 1. The monoisotopic (exact) mass is 1080 g/mol. The summed E-state index contributed by atoms with van der Waals surface area (Å²) in [6, 6.07) is 3.19. The molecule has 0 radical (unpaired) electrons.